The van der Waals surface area contributed by atoms with Crippen molar-refractivity contribution in [3.05, 3.63) is 11.6 Å². The Bertz CT molecular complexity index is 424. The number of hydrogen-bond acceptors (Lipinski definition) is 4. The lowest BCUT2D eigenvalue weighted by Crippen LogP contribution is -2.09. The van der Waals surface area contributed by atoms with Gasteiger partial charge in [0.15, 0.2) is 0 Å². The third-order valence-corrected chi connectivity index (χ3v) is 4.86. The SMILES string of the molecule is CCCCCCCCOC(=O)CCCCC(=O)OCCC(C)CCC=C(C)C. The molecule has 0 spiro atoms. The Morgan fingerprint density at radius 1 is 0.786 bits per heavy atom. The van der Waals surface area contributed by atoms with Gasteiger partial charge in [-0.2, -0.15) is 0 Å². The van der Waals surface area contributed by atoms with Gasteiger partial charge < -0.3 is 9.47 Å². The van der Waals surface area contributed by atoms with Crippen molar-refractivity contribution in [3.8, 4) is 0 Å². The summed E-state index contributed by atoms with van der Waals surface area (Å²) in [6, 6.07) is 0. The maximum Gasteiger partial charge on any atom is 0.305 e. The number of carbonyl (C=O) groups excluding carboxylic acids is 2. The highest BCUT2D eigenvalue weighted by Gasteiger charge is 2.07. The summed E-state index contributed by atoms with van der Waals surface area (Å²) in [5.74, 6) is 0.258. The number of hydrogen-bond donors (Lipinski definition) is 0. The summed E-state index contributed by atoms with van der Waals surface area (Å²) in [5, 5.41) is 0. The van der Waals surface area contributed by atoms with E-state index in [-0.39, 0.29) is 11.9 Å². The standard InChI is InChI=1S/C24H44O4/c1-5-6-7-8-9-12-19-27-23(25)16-10-11-17-24(26)28-20-18-22(4)15-13-14-21(2)3/h14,22H,5-13,15-20H2,1-4H3. The van der Waals surface area contributed by atoms with Gasteiger partial charge in [0.2, 0.25) is 0 Å². The van der Waals surface area contributed by atoms with Crippen LogP contribution in [0.2, 0.25) is 0 Å². The van der Waals surface area contributed by atoms with Gasteiger partial charge in [-0.05, 0) is 58.3 Å². The zero-order chi connectivity index (χ0) is 21.0. The van der Waals surface area contributed by atoms with Crippen molar-refractivity contribution in [2.45, 2.75) is 111 Å². The lowest BCUT2D eigenvalue weighted by atomic mass is 10.0. The molecule has 0 aromatic carbocycles. The van der Waals surface area contributed by atoms with Crippen LogP contribution >= 0.6 is 0 Å². The molecule has 0 N–H and O–H groups in total. The molecule has 0 aromatic heterocycles. The molecule has 0 saturated carbocycles. The highest BCUT2D eigenvalue weighted by atomic mass is 16.5. The third kappa shape index (κ3) is 19.4. The lowest BCUT2D eigenvalue weighted by Gasteiger charge is -2.10. The summed E-state index contributed by atoms with van der Waals surface area (Å²) in [5.41, 5.74) is 1.35. The second-order valence-corrected chi connectivity index (χ2v) is 8.17. The van der Waals surface area contributed by atoms with Crippen LogP contribution in [0.5, 0.6) is 0 Å². The van der Waals surface area contributed by atoms with Gasteiger partial charge in [0.05, 0.1) is 13.2 Å². The van der Waals surface area contributed by atoms with Gasteiger partial charge in [-0.25, -0.2) is 0 Å². The summed E-state index contributed by atoms with van der Waals surface area (Å²) >= 11 is 0. The first-order valence-electron chi connectivity index (χ1n) is 11.4. The number of carbonyl (C=O) groups is 2. The van der Waals surface area contributed by atoms with E-state index in [4.69, 9.17) is 9.47 Å². The van der Waals surface area contributed by atoms with Crippen LogP contribution in [0.1, 0.15) is 111 Å². The topological polar surface area (TPSA) is 52.6 Å². The Balaban J connectivity index is 3.48. The van der Waals surface area contributed by atoms with Crippen molar-refractivity contribution >= 4 is 11.9 Å². The van der Waals surface area contributed by atoms with E-state index >= 15 is 0 Å². The van der Waals surface area contributed by atoms with Gasteiger partial charge >= 0.3 is 11.9 Å². The minimum absolute atomic E-state index is 0.146. The predicted molar refractivity (Wildman–Crippen MR) is 116 cm³/mol. The number of ether oxygens (including phenoxy) is 2. The summed E-state index contributed by atoms with van der Waals surface area (Å²) < 4.78 is 10.5. The molecule has 0 aliphatic rings. The molecule has 0 heterocycles. The quantitative estimate of drug-likeness (QED) is 0.146. The molecule has 0 fully saturated rings. The van der Waals surface area contributed by atoms with Crippen LogP contribution in [-0.4, -0.2) is 25.2 Å². The van der Waals surface area contributed by atoms with Gasteiger partial charge in [0.1, 0.15) is 0 Å². The molecule has 0 bridgehead atoms. The molecular weight excluding hydrogens is 352 g/mol. The van der Waals surface area contributed by atoms with Gasteiger partial charge in [-0.15, -0.1) is 0 Å². The Hall–Kier alpha value is -1.32. The summed E-state index contributed by atoms with van der Waals surface area (Å²) in [4.78, 5) is 23.4. The monoisotopic (exact) mass is 396 g/mol. The lowest BCUT2D eigenvalue weighted by molar-refractivity contribution is -0.146. The van der Waals surface area contributed by atoms with E-state index in [1.165, 1.54) is 31.3 Å². The van der Waals surface area contributed by atoms with Gasteiger partial charge in [-0.3, -0.25) is 9.59 Å². The van der Waals surface area contributed by atoms with Crippen molar-refractivity contribution in [1.82, 2.24) is 0 Å². The maximum atomic E-state index is 11.7. The molecule has 0 radical (unpaired) electrons. The molecule has 0 rings (SSSR count). The second kappa shape index (κ2) is 19.0. The predicted octanol–water partition coefficient (Wildman–Crippen LogP) is 6.77. The van der Waals surface area contributed by atoms with Crippen LogP contribution in [0.25, 0.3) is 0 Å². The van der Waals surface area contributed by atoms with Crippen molar-refractivity contribution in [1.29, 1.82) is 0 Å². The van der Waals surface area contributed by atoms with E-state index in [1.807, 2.05) is 0 Å². The normalized spacial score (nSPS) is 11.7. The third-order valence-electron chi connectivity index (χ3n) is 4.86. The largest absolute Gasteiger partial charge is 0.466 e. The van der Waals surface area contributed by atoms with Crippen LogP contribution in [0.15, 0.2) is 11.6 Å². The van der Waals surface area contributed by atoms with Crippen molar-refractivity contribution in [3.63, 3.8) is 0 Å². The van der Waals surface area contributed by atoms with E-state index in [9.17, 15) is 9.59 Å². The number of allylic oxidation sites excluding steroid dienone is 2. The molecule has 4 nitrogen and oxygen atoms in total. The summed E-state index contributed by atoms with van der Waals surface area (Å²) in [6.07, 6.45) is 14.6. The van der Waals surface area contributed by atoms with E-state index in [0.717, 1.165) is 32.1 Å². The van der Waals surface area contributed by atoms with E-state index in [2.05, 4.69) is 33.8 Å². The maximum absolute atomic E-state index is 11.7. The minimum Gasteiger partial charge on any atom is -0.466 e. The van der Waals surface area contributed by atoms with Gasteiger partial charge in [0, 0.05) is 12.8 Å². The molecule has 0 aromatic rings. The Kier molecular flexibility index (Phi) is 18.1. The minimum atomic E-state index is -0.156. The van der Waals surface area contributed by atoms with Crippen LogP contribution in [0, 0.1) is 5.92 Å². The molecule has 1 unspecified atom stereocenters. The Morgan fingerprint density at radius 3 is 1.96 bits per heavy atom. The highest BCUT2D eigenvalue weighted by Crippen LogP contribution is 2.12. The van der Waals surface area contributed by atoms with Crippen LogP contribution in [0.4, 0.5) is 0 Å². The average molecular weight is 397 g/mol. The number of unbranched alkanes of at least 4 members (excludes halogenated alkanes) is 6. The Morgan fingerprint density at radius 2 is 1.36 bits per heavy atom. The van der Waals surface area contributed by atoms with E-state index in [1.54, 1.807) is 0 Å². The molecule has 4 heteroatoms. The summed E-state index contributed by atoms with van der Waals surface area (Å²) in [7, 11) is 0. The molecule has 0 aliphatic heterocycles. The average Bonchev–Trinajstić information content (AvgIpc) is 2.64. The first kappa shape index (κ1) is 26.7. The number of rotatable bonds is 18. The number of esters is 2. The van der Waals surface area contributed by atoms with Gasteiger partial charge in [-0.1, -0.05) is 57.6 Å². The molecule has 0 amide bonds. The van der Waals surface area contributed by atoms with Crippen molar-refractivity contribution < 1.29 is 19.1 Å². The molecule has 28 heavy (non-hydrogen) atoms. The van der Waals surface area contributed by atoms with Crippen LogP contribution < -0.4 is 0 Å². The van der Waals surface area contributed by atoms with Crippen molar-refractivity contribution in [2.75, 3.05) is 13.2 Å². The fourth-order valence-corrected chi connectivity index (χ4v) is 2.93. The van der Waals surface area contributed by atoms with Crippen LogP contribution in [-0.2, 0) is 19.1 Å². The molecule has 164 valence electrons. The molecule has 1 atom stereocenters. The molecule has 0 saturated heterocycles. The molecular formula is C24H44O4. The first-order valence-corrected chi connectivity index (χ1v) is 11.4. The fraction of sp³-hybridized carbons (Fsp3) is 0.833. The second-order valence-electron chi connectivity index (χ2n) is 8.17. The smallest absolute Gasteiger partial charge is 0.305 e. The van der Waals surface area contributed by atoms with Crippen molar-refractivity contribution in [2.24, 2.45) is 5.92 Å². The van der Waals surface area contributed by atoms with E-state index in [0.29, 0.717) is 44.8 Å². The zero-order valence-corrected chi connectivity index (χ0v) is 18.9. The molecule has 0 aliphatic carbocycles. The fourth-order valence-electron chi connectivity index (χ4n) is 2.93. The highest BCUT2D eigenvalue weighted by molar-refractivity contribution is 5.70. The first-order chi connectivity index (χ1) is 13.5. The Labute approximate surface area is 173 Å². The van der Waals surface area contributed by atoms with Gasteiger partial charge in [0.25, 0.3) is 0 Å². The van der Waals surface area contributed by atoms with Crippen LogP contribution in [0.3, 0.4) is 0 Å². The summed E-state index contributed by atoms with van der Waals surface area (Å²) in [6.45, 7) is 9.65. The van der Waals surface area contributed by atoms with E-state index < -0.39 is 0 Å². The zero-order valence-electron chi connectivity index (χ0n) is 18.9.